The molecule has 0 saturated heterocycles. The highest BCUT2D eigenvalue weighted by atomic mass is 15.2. The molecule has 0 aromatic heterocycles. The summed E-state index contributed by atoms with van der Waals surface area (Å²) in [5, 5.41) is 7.15. The smallest absolute Gasteiger partial charge is 0.188 e. The summed E-state index contributed by atoms with van der Waals surface area (Å²) in [4.78, 5) is 1.82. The van der Waals surface area contributed by atoms with Gasteiger partial charge < -0.3 is 10.6 Å². The van der Waals surface area contributed by atoms with Gasteiger partial charge in [0.1, 0.15) is 0 Å². The van der Waals surface area contributed by atoms with Gasteiger partial charge in [0.25, 0.3) is 0 Å². The summed E-state index contributed by atoms with van der Waals surface area (Å²) in [6, 6.07) is 0. The predicted molar refractivity (Wildman–Crippen MR) is 46.4 cm³/mol. The number of rotatable bonds is 2. The van der Waals surface area contributed by atoms with E-state index in [0.29, 0.717) is 0 Å². The minimum atomic E-state index is 0.185. The van der Waals surface area contributed by atoms with Gasteiger partial charge in [0.15, 0.2) is 5.96 Å². The van der Waals surface area contributed by atoms with E-state index >= 15 is 0 Å². The van der Waals surface area contributed by atoms with E-state index in [1.54, 1.807) is 0 Å². The van der Waals surface area contributed by atoms with Crippen molar-refractivity contribution in [3.05, 3.63) is 0 Å². The molecule has 0 radical (unpaired) electrons. The van der Waals surface area contributed by atoms with E-state index in [1.165, 1.54) is 12.8 Å². The Kier molecular flexibility index (Phi) is 2.37. The van der Waals surface area contributed by atoms with Crippen LogP contribution in [0.5, 0.6) is 0 Å². The maximum atomic E-state index is 7.15. The first kappa shape index (κ1) is 8.37. The average molecular weight is 155 g/mol. The Labute approximate surface area is 68.1 Å². The van der Waals surface area contributed by atoms with Crippen LogP contribution in [0.1, 0.15) is 19.8 Å². The highest BCUT2D eigenvalue weighted by Gasteiger charge is 2.26. The van der Waals surface area contributed by atoms with Crippen LogP contribution >= 0.6 is 0 Å². The van der Waals surface area contributed by atoms with Gasteiger partial charge in [-0.05, 0) is 24.7 Å². The van der Waals surface area contributed by atoms with Crippen LogP contribution in [-0.2, 0) is 0 Å². The van der Waals surface area contributed by atoms with Crippen molar-refractivity contribution >= 4 is 5.96 Å². The number of nitrogens with zero attached hydrogens (tertiary/aromatic N) is 1. The molecule has 0 bridgehead atoms. The molecule has 0 spiro atoms. The molecular formula is C8H17N3. The highest BCUT2D eigenvalue weighted by molar-refractivity contribution is 5.74. The normalized spacial score (nSPS) is 29.3. The van der Waals surface area contributed by atoms with Gasteiger partial charge in [-0.3, -0.25) is 5.41 Å². The second-order valence-corrected chi connectivity index (χ2v) is 3.71. The molecule has 3 N–H and O–H groups in total. The minimum absolute atomic E-state index is 0.185. The maximum Gasteiger partial charge on any atom is 0.188 e. The Morgan fingerprint density at radius 1 is 1.64 bits per heavy atom. The molecule has 64 valence electrons. The van der Waals surface area contributed by atoms with E-state index < -0.39 is 0 Å². The summed E-state index contributed by atoms with van der Waals surface area (Å²) in [7, 11) is 1.88. The molecule has 0 amide bonds. The Hall–Kier alpha value is -0.730. The van der Waals surface area contributed by atoms with Gasteiger partial charge in [0.2, 0.25) is 0 Å². The molecule has 0 heterocycles. The second kappa shape index (κ2) is 3.11. The van der Waals surface area contributed by atoms with Crippen LogP contribution in [0.3, 0.4) is 0 Å². The van der Waals surface area contributed by atoms with Crippen LogP contribution < -0.4 is 5.73 Å². The first-order chi connectivity index (χ1) is 5.09. The Bertz CT molecular complexity index is 149. The summed E-state index contributed by atoms with van der Waals surface area (Å²) >= 11 is 0. The number of hydrogen-bond acceptors (Lipinski definition) is 1. The van der Waals surface area contributed by atoms with Crippen LogP contribution in [0.2, 0.25) is 0 Å². The van der Waals surface area contributed by atoms with Crippen molar-refractivity contribution in [2.75, 3.05) is 13.6 Å². The van der Waals surface area contributed by atoms with E-state index in [2.05, 4.69) is 6.92 Å². The van der Waals surface area contributed by atoms with Gasteiger partial charge in [-0.15, -0.1) is 0 Å². The fourth-order valence-electron chi connectivity index (χ4n) is 1.70. The fourth-order valence-corrected chi connectivity index (χ4v) is 1.70. The van der Waals surface area contributed by atoms with Crippen LogP contribution in [0.15, 0.2) is 0 Å². The summed E-state index contributed by atoms with van der Waals surface area (Å²) in [5.41, 5.74) is 5.31. The van der Waals surface area contributed by atoms with E-state index in [0.717, 1.165) is 18.4 Å². The Balaban J connectivity index is 2.16. The standard InChI is InChI=1S/C8H17N3/c1-6-3-7(4-6)5-11(2)8(9)10/h6-7H,3-5H2,1-2H3,(H3,9,10). The molecule has 0 atom stereocenters. The summed E-state index contributed by atoms with van der Waals surface area (Å²) < 4.78 is 0. The van der Waals surface area contributed by atoms with Crippen molar-refractivity contribution < 1.29 is 0 Å². The van der Waals surface area contributed by atoms with Crippen LogP contribution in [0.4, 0.5) is 0 Å². The summed E-state index contributed by atoms with van der Waals surface area (Å²) in [6.07, 6.45) is 2.61. The van der Waals surface area contributed by atoms with Gasteiger partial charge in [-0.25, -0.2) is 0 Å². The molecule has 0 aromatic carbocycles. The van der Waals surface area contributed by atoms with Gasteiger partial charge >= 0.3 is 0 Å². The quantitative estimate of drug-likeness (QED) is 0.459. The van der Waals surface area contributed by atoms with Crippen molar-refractivity contribution in [2.24, 2.45) is 17.6 Å². The third kappa shape index (κ3) is 2.10. The number of nitrogens with one attached hydrogen (secondary N) is 1. The molecule has 3 nitrogen and oxygen atoms in total. The first-order valence-electron chi connectivity index (χ1n) is 4.14. The van der Waals surface area contributed by atoms with Gasteiger partial charge in [0, 0.05) is 13.6 Å². The average Bonchev–Trinajstić information content (AvgIpc) is 1.84. The topological polar surface area (TPSA) is 53.1 Å². The van der Waals surface area contributed by atoms with Crippen molar-refractivity contribution in [2.45, 2.75) is 19.8 Å². The fraction of sp³-hybridized carbons (Fsp3) is 0.875. The summed E-state index contributed by atoms with van der Waals surface area (Å²) in [5.74, 6) is 1.85. The molecule has 3 heteroatoms. The highest BCUT2D eigenvalue weighted by Crippen LogP contribution is 2.33. The van der Waals surface area contributed by atoms with E-state index in [1.807, 2.05) is 11.9 Å². The van der Waals surface area contributed by atoms with Gasteiger partial charge in [-0.1, -0.05) is 6.92 Å². The third-order valence-corrected chi connectivity index (χ3v) is 2.41. The Morgan fingerprint density at radius 2 is 2.18 bits per heavy atom. The number of nitrogens with two attached hydrogens (primary N) is 1. The maximum absolute atomic E-state index is 7.15. The number of guanidine groups is 1. The summed E-state index contributed by atoms with van der Waals surface area (Å²) in [6.45, 7) is 3.23. The molecular weight excluding hydrogens is 138 g/mol. The van der Waals surface area contributed by atoms with E-state index in [9.17, 15) is 0 Å². The zero-order chi connectivity index (χ0) is 8.43. The van der Waals surface area contributed by atoms with Crippen molar-refractivity contribution in [1.29, 1.82) is 5.41 Å². The van der Waals surface area contributed by atoms with Gasteiger partial charge in [-0.2, -0.15) is 0 Å². The lowest BCUT2D eigenvalue weighted by Gasteiger charge is -2.35. The molecule has 1 aliphatic carbocycles. The molecule has 0 aromatic rings. The van der Waals surface area contributed by atoms with Crippen molar-refractivity contribution in [3.8, 4) is 0 Å². The van der Waals surface area contributed by atoms with Crippen molar-refractivity contribution in [3.63, 3.8) is 0 Å². The molecule has 0 aliphatic heterocycles. The monoisotopic (exact) mass is 155 g/mol. The molecule has 11 heavy (non-hydrogen) atoms. The lowest BCUT2D eigenvalue weighted by molar-refractivity contribution is 0.180. The lowest BCUT2D eigenvalue weighted by Crippen LogP contribution is -2.39. The molecule has 1 fully saturated rings. The molecule has 0 unspecified atom stereocenters. The molecule has 1 saturated carbocycles. The van der Waals surface area contributed by atoms with E-state index in [4.69, 9.17) is 11.1 Å². The minimum Gasteiger partial charge on any atom is -0.370 e. The zero-order valence-corrected chi connectivity index (χ0v) is 7.30. The van der Waals surface area contributed by atoms with E-state index in [-0.39, 0.29) is 5.96 Å². The lowest BCUT2D eigenvalue weighted by atomic mass is 9.76. The van der Waals surface area contributed by atoms with Crippen LogP contribution in [0.25, 0.3) is 0 Å². The molecule has 1 aliphatic rings. The van der Waals surface area contributed by atoms with Crippen LogP contribution in [0, 0.1) is 17.2 Å². The van der Waals surface area contributed by atoms with Crippen LogP contribution in [-0.4, -0.2) is 24.5 Å². The first-order valence-corrected chi connectivity index (χ1v) is 4.14. The Morgan fingerprint density at radius 3 is 2.55 bits per heavy atom. The van der Waals surface area contributed by atoms with Crippen molar-refractivity contribution in [1.82, 2.24) is 4.90 Å². The largest absolute Gasteiger partial charge is 0.370 e. The van der Waals surface area contributed by atoms with Gasteiger partial charge in [0.05, 0.1) is 0 Å². The third-order valence-electron chi connectivity index (χ3n) is 2.41. The zero-order valence-electron chi connectivity index (χ0n) is 7.30. The predicted octanol–water partition coefficient (Wildman–Crippen LogP) is 0.858. The molecule has 1 rings (SSSR count). The SMILES string of the molecule is CC1CC(CN(C)C(=N)N)C1. The number of hydrogen-bond donors (Lipinski definition) is 2. The second-order valence-electron chi connectivity index (χ2n) is 3.71.